The highest BCUT2D eigenvalue weighted by Crippen LogP contribution is 2.44. The fourth-order valence-electron chi connectivity index (χ4n) is 7.71. The second kappa shape index (κ2) is 12.0. The van der Waals surface area contributed by atoms with E-state index in [1.807, 2.05) is 6.20 Å². The molecule has 3 heterocycles. The topological polar surface area (TPSA) is 24.3 Å². The van der Waals surface area contributed by atoms with Gasteiger partial charge in [0.1, 0.15) is 5.82 Å². The zero-order valence-corrected chi connectivity index (χ0v) is 29.4. The first-order valence-corrected chi connectivity index (χ1v) is 17.6. The monoisotopic (exact) mass is 640 g/mol. The summed E-state index contributed by atoms with van der Waals surface area (Å²) in [6.07, 6.45) is 1.96. The highest BCUT2D eigenvalue weighted by molar-refractivity contribution is 6.09. The van der Waals surface area contributed by atoms with Gasteiger partial charge < -0.3 is 9.80 Å². The van der Waals surface area contributed by atoms with Crippen LogP contribution in [0.3, 0.4) is 0 Å². The molecule has 1 aliphatic heterocycles. The summed E-state index contributed by atoms with van der Waals surface area (Å²) in [5.41, 5.74) is 12.2. The molecule has 4 nitrogen and oxygen atoms in total. The van der Waals surface area contributed by atoms with Crippen LogP contribution in [0.15, 0.2) is 134 Å². The lowest BCUT2D eigenvalue weighted by Crippen LogP contribution is -2.33. The van der Waals surface area contributed by atoms with Gasteiger partial charge in [-0.15, -0.1) is 0 Å². The third-order valence-corrected chi connectivity index (χ3v) is 10.5. The summed E-state index contributed by atoms with van der Waals surface area (Å²) in [4.78, 5) is 9.91. The lowest BCUT2D eigenvalue weighted by molar-refractivity contribution is 0.641. The third kappa shape index (κ3) is 5.18. The third-order valence-electron chi connectivity index (χ3n) is 10.5. The zero-order chi connectivity index (χ0) is 33.9. The number of para-hydroxylation sites is 3. The van der Waals surface area contributed by atoms with Crippen LogP contribution < -0.4 is 9.80 Å². The highest BCUT2D eigenvalue weighted by Gasteiger charge is 2.30. The van der Waals surface area contributed by atoms with E-state index in [1.54, 1.807) is 0 Å². The molecule has 1 aliphatic rings. The van der Waals surface area contributed by atoms with Crippen molar-refractivity contribution in [2.75, 3.05) is 16.5 Å². The molecule has 5 aromatic carbocycles. The lowest BCUT2D eigenvalue weighted by atomic mass is 9.77. The van der Waals surface area contributed by atoms with Crippen LogP contribution in [0.2, 0.25) is 0 Å². The minimum atomic E-state index is -0.242. The fraction of sp³-hybridized carbons (Fsp3) is 0.222. The summed E-state index contributed by atoms with van der Waals surface area (Å²) < 4.78 is 2.35. The van der Waals surface area contributed by atoms with Crippen molar-refractivity contribution in [3.63, 3.8) is 0 Å². The maximum absolute atomic E-state index is 4.98. The van der Waals surface area contributed by atoms with Gasteiger partial charge in [0.15, 0.2) is 0 Å². The molecule has 49 heavy (non-hydrogen) atoms. The Bertz CT molecular complexity index is 2330. The zero-order valence-electron chi connectivity index (χ0n) is 29.4. The number of aromatic nitrogens is 2. The number of rotatable bonds is 7. The van der Waals surface area contributed by atoms with E-state index in [9.17, 15) is 0 Å². The van der Waals surface area contributed by atoms with Crippen molar-refractivity contribution in [2.24, 2.45) is 0 Å². The number of fused-ring (bicyclic) bond motifs is 4. The van der Waals surface area contributed by atoms with Gasteiger partial charge in [0.2, 0.25) is 0 Å². The van der Waals surface area contributed by atoms with Crippen LogP contribution in [0.5, 0.6) is 0 Å². The van der Waals surface area contributed by atoms with E-state index in [0.717, 1.165) is 12.5 Å². The Kier molecular flexibility index (Phi) is 7.55. The van der Waals surface area contributed by atoms with Crippen LogP contribution in [0.1, 0.15) is 64.2 Å². The molecule has 0 saturated carbocycles. The fourth-order valence-corrected chi connectivity index (χ4v) is 7.71. The average molecular weight is 641 g/mol. The molecule has 0 amide bonds. The Labute approximate surface area is 290 Å². The molecule has 4 heteroatoms. The van der Waals surface area contributed by atoms with Crippen LogP contribution in [0.4, 0.5) is 17.1 Å². The Hall–Kier alpha value is -5.35. The standard InChI is InChI=1S/C45H44N4/c1-30(2)36-16-7-8-17-37(36)32-24-25-46-44(26-32)49-40-19-10-9-18-38(40)39-23-22-34(28-43(39)49)45(5,6)33-14-13-15-35(27-33)48-29-47(31(3)4)41-20-11-12-21-42(41)48/h7-28,30-31H,29H2,1-6H3. The van der Waals surface area contributed by atoms with E-state index in [-0.39, 0.29) is 5.41 Å². The molecule has 0 aliphatic carbocycles. The van der Waals surface area contributed by atoms with Crippen molar-refractivity contribution in [3.8, 4) is 16.9 Å². The van der Waals surface area contributed by atoms with Crippen LogP contribution in [0.25, 0.3) is 38.8 Å². The van der Waals surface area contributed by atoms with Gasteiger partial charge in [0.05, 0.1) is 29.1 Å². The predicted molar refractivity (Wildman–Crippen MR) is 208 cm³/mol. The van der Waals surface area contributed by atoms with E-state index < -0.39 is 0 Å². The summed E-state index contributed by atoms with van der Waals surface area (Å²) in [6, 6.07) is 47.2. The Balaban J connectivity index is 1.24. The van der Waals surface area contributed by atoms with E-state index in [1.165, 1.54) is 66.7 Å². The molecule has 7 aromatic rings. The molecule has 244 valence electrons. The predicted octanol–water partition coefficient (Wildman–Crippen LogP) is 11.6. The maximum atomic E-state index is 4.98. The van der Waals surface area contributed by atoms with E-state index in [0.29, 0.717) is 12.0 Å². The van der Waals surface area contributed by atoms with Gasteiger partial charge >= 0.3 is 0 Å². The molecule has 0 atom stereocenters. The van der Waals surface area contributed by atoms with Gasteiger partial charge in [-0.25, -0.2) is 4.98 Å². The van der Waals surface area contributed by atoms with E-state index in [2.05, 4.69) is 183 Å². The normalized spacial score (nSPS) is 13.3. The number of nitrogens with zero attached hydrogens (tertiary/aromatic N) is 4. The molecule has 8 rings (SSSR count). The number of hydrogen-bond acceptors (Lipinski definition) is 3. The minimum Gasteiger partial charge on any atom is -0.349 e. The smallest absolute Gasteiger partial charge is 0.138 e. The first-order chi connectivity index (χ1) is 23.7. The van der Waals surface area contributed by atoms with Crippen molar-refractivity contribution in [3.05, 3.63) is 150 Å². The van der Waals surface area contributed by atoms with Crippen molar-refractivity contribution in [1.82, 2.24) is 9.55 Å². The van der Waals surface area contributed by atoms with Crippen LogP contribution in [-0.2, 0) is 5.41 Å². The number of anilines is 3. The molecule has 0 radical (unpaired) electrons. The lowest BCUT2D eigenvalue weighted by Gasteiger charge is -2.29. The summed E-state index contributed by atoms with van der Waals surface area (Å²) in [7, 11) is 0. The molecule has 0 N–H and O–H groups in total. The van der Waals surface area contributed by atoms with Crippen LogP contribution in [0, 0.1) is 0 Å². The van der Waals surface area contributed by atoms with Gasteiger partial charge in [-0.05, 0) is 96.1 Å². The minimum absolute atomic E-state index is 0.242. The molecule has 0 fully saturated rings. The van der Waals surface area contributed by atoms with E-state index >= 15 is 0 Å². The highest BCUT2D eigenvalue weighted by atomic mass is 15.4. The summed E-state index contributed by atoms with van der Waals surface area (Å²) in [5, 5.41) is 2.47. The number of benzene rings is 5. The van der Waals surface area contributed by atoms with Crippen molar-refractivity contribution < 1.29 is 0 Å². The van der Waals surface area contributed by atoms with Gasteiger partial charge in [0, 0.05) is 34.1 Å². The maximum Gasteiger partial charge on any atom is 0.138 e. The molecule has 0 saturated heterocycles. The summed E-state index contributed by atoms with van der Waals surface area (Å²) >= 11 is 0. The average Bonchev–Trinajstić information content (AvgIpc) is 3.68. The summed E-state index contributed by atoms with van der Waals surface area (Å²) in [6.45, 7) is 14.6. The number of pyridine rings is 1. The molecular weight excluding hydrogens is 597 g/mol. The molecule has 0 spiro atoms. The van der Waals surface area contributed by atoms with Crippen molar-refractivity contribution in [2.45, 2.75) is 58.9 Å². The first-order valence-electron chi connectivity index (χ1n) is 17.6. The Morgan fingerprint density at radius 3 is 2.16 bits per heavy atom. The van der Waals surface area contributed by atoms with Gasteiger partial charge in [-0.3, -0.25) is 4.57 Å². The second-order valence-electron chi connectivity index (χ2n) is 14.5. The quantitative estimate of drug-likeness (QED) is 0.173. The molecule has 0 bridgehead atoms. The van der Waals surface area contributed by atoms with Crippen LogP contribution >= 0.6 is 0 Å². The van der Waals surface area contributed by atoms with Gasteiger partial charge in [0.25, 0.3) is 0 Å². The molecule has 2 aromatic heterocycles. The van der Waals surface area contributed by atoms with E-state index in [4.69, 9.17) is 4.98 Å². The van der Waals surface area contributed by atoms with Gasteiger partial charge in [-0.2, -0.15) is 0 Å². The molecule has 0 unspecified atom stereocenters. The summed E-state index contributed by atoms with van der Waals surface area (Å²) in [5.74, 6) is 1.36. The molecular formula is C45H44N4. The number of hydrogen-bond donors (Lipinski definition) is 0. The Morgan fingerprint density at radius 1 is 0.633 bits per heavy atom. The van der Waals surface area contributed by atoms with Crippen LogP contribution in [-0.4, -0.2) is 22.3 Å². The second-order valence-corrected chi connectivity index (χ2v) is 14.5. The Morgan fingerprint density at radius 2 is 1.35 bits per heavy atom. The SMILES string of the molecule is CC(C)c1ccccc1-c1ccnc(-n2c3ccccc3c3ccc(C(C)(C)c4cccc(N5CN(C(C)C)c6ccccc65)c4)cc32)c1. The largest absolute Gasteiger partial charge is 0.349 e. The van der Waals surface area contributed by atoms with Crippen molar-refractivity contribution >= 4 is 38.9 Å². The van der Waals surface area contributed by atoms with Gasteiger partial charge in [-0.1, -0.05) is 107 Å². The first kappa shape index (κ1) is 31.0. The van der Waals surface area contributed by atoms with Crippen molar-refractivity contribution in [1.29, 1.82) is 0 Å².